The molecule has 7 heteroatoms. The van der Waals surface area contributed by atoms with E-state index in [9.17, 15) is 4.79 Å². The number of amides is 1. The Labute approximate surface area is 191 Å². The minimum atomic E-state index is -0.204. The molecule has 0 unspecified atom stereocenters. The molecule has 3 rings (SSSR count). The van der Waals surface area contributed by atoms with Crippen LogP contribution in [0.2, 0.25) is 10.0 Å². The molecule has 0 radical (unpaired) electrons. The summed E-state index contributed by atoms with van der Waals surface area (Å²) >= 11 is 11.9. The van der Waals surface area contributed by atoms with Crippen LogP contribution in [0.25, 0.3) is 0 Å². The monoisotopic (exact) mass is 456 g/mol. The van der Waals surface area contributed by atoms with Gasteiger partial charge in [0.15, 0.2) is 0 Å². The van der Waals surface area contributed by atoms with Crippen LogP contribution in [0.1, 0.15) is 24.0 Å². The second-order valence-electron chi connectivity index (χ2n) is 6.63. The minimum Gasteiger partial charge on any atom is -0.492 e. The van der Waals surface area contributed by atoms with Crippen molar-refractivity contribution in [3.8, 4) is 11.5 Å². The van der Waals surface area contributed by atoms with Gasteiger partial charge in [0.05, 0.1) is 17.8 Å². The number of halogens is 2. The zero-order chi connectivity index (χ0) is 21.9. The molecule has 3 aromatic rings. The number of nitrogens with zero attached hydrogens (tertiary/aromatic N) is 1. The number of hydrogen-bond donors (Lipinski definition) is 1. The third-order valence-electron chi connectivity index (χ3n) is 4.25. The lowest BCUT2D eigenvalue weighted by atomic mass is 10.2. The molecule has 0 atom stereocenters. The van der Waals surface area contributed by atoms with Crippen LogP contribution >= 0.6 is 23.2 Å². The van der Waals surface area contributed by atoms with Crippen LogP contribution in [0.15, 0.2) is 77.9 Å². The maximum atomic E-state index is 12.0. The predicted molar refractivity (Wildman–Crippen MR) is 124 cm³/mol. The summed E-state index contributed by atoms with van der Waals surface area (Å²) in [6.07, 6.45) is 2.37. The third kappa shape index (κ3) is 7.63. The van der Waals surface area contributed by atoms with Crippen molar-refractivity contribution in [1.82, 2.24) is 5.43 Å². The van der Waals surface area contributed by atoms with Crippen molar-refractivity contribution in [2.24, 2.45) is 5.10 Å². The molecule has 0 saturated heterocycles. The van der Waals surface area contributed by atoms with Gasteiger partial charge in [0, 0.05) is 17.0 Å². The first-order valence-corrected chi connectivity index (χ1v) is 10.5. The van der Waals surface area contributed by atoms with Gasteiger partial charge in [-0.05, 0) is 42.3 Å². The maximum Gasteiger partial charge on any atom is 0.240 e. The molecule has 0 aromatic heterocycles. The fourth-order valence-corrected chi connectivity index (χ4v) is 3.15. The van der Waals surface area contributed by atoms with E-state index in [0.717, 1.165) is 11.1 Å². The molecule has 0 aliphatic heterocycles. The summed E-state index contributed by atoms with van der Waals surface area (Å²) in [5.41, 5.74) is 4.38. The van der Waals surface area contributed by atoms with Crippen molar-refractivity contribution in [2.45, 2.75) is 19.4 Å². The molecule has 0 aliphatic rings. The van der Waals surface area contributed by atoms with Crippen molar-refractivity contribution < 1.29 is 14.3 Å². The van der Waals surface area contributed by atoms with E-state index in [1.165, 1.54) is 0 Å². The van der Waals surface area contributed by atoms with E-state index in [2.05, 4.69) is 10.5 Å². The Morgan fingerprint density at radius 1 is 0.935 bits per heavy atom. The molecule has 3 aromatic carbocycles. The quantitative estimate of drug-likeness (QED) is 0.235. The van der Waals surface area contributed by atoms with Gasteiger partial charge in [-0.15, -0.1) is 0 Å². The highest BCUT2D eigenvalue weighted by Crippen LogP contribution is 2.27. The molecule has 0 bridgehead atoms. The third-order valence-corrected chi connectivity index (χ3v) is 4.78. The van der Waals surface area contributed by atoms with Crippen LogP contribution in [0.3, 0.4) is 0 Å². The van der Waals surface area contributed by atoms with Gasteiger partial charge in [-0.3, -0.25) is 4.79 Å². The first kappa shape index (κ1) is 22.7. The van der Waals surface area contributed by atoms with Gasteiger partial charge in [0.25, 0.3) is 0 Å². The molecule has 5 nitrogen and oxygen atoms in total. The molecule has 0 saturated carbocycles. The number of rotatable bonds is 10. The van der Waals surface area contributed by atoms with Crippen LogP contribution in [-0.2, 0) is 11.4 Å². The average Bonchev–Trinajstić information content (AvgIpc) is 2.78. The standard InChI is InChI=1S/C24H22Cl2N2O3/c25-20-12-13-23(21(26)15-20)30-14-6-11-24(29)28-27-16-19-9-4-5-10-22(19)31-17-18-7-2-1-3-8-18/h1-5,7-10,12-13,15-16H,6,11,14,17H2,(H,28,29)/b27-16+. The average molecular weight is 457 g/mol. The predicted octanol–water partition coefficient (Wildman–Crippen LogP) is 5.88. The van der Waals surface area contributed by atoms with Gasteiger partial charge in [-0.25, -0.2) is 5.43 Å². The van der Waals surface area contributed by atoms with Crippen molar-refractivity contribution in [3.63, 3.8) is 0 Å². The van der Waals surface area contributed by atoms with Gasteiger partial charge in [0.2, 0.25) is 5.91 Å². The van der Waals surface area contributed by atoms with Crippen LogP contribution in [0, 0.1) is 0 Å². The number of hydrazone groups is 1. The smallest absolute Gasteiger partial charge is 0.240 e. The number of carbonyl (C=O) groups is 1. The van der Waals surface area contributed by atoms with Gasteiger partial charge in [0.1, 0.15) is 18.1 Å². The Kier molecular flexibility index (Phi) is 8.76. The van der Waals surface area contributed by atoms with Crippen molar-refractivity contribution in [1.29, 1.82) is 0 Å². The fourth-order valence-electron chi connectivity index (χ4n) is 2.69. The van der Waals surface area contributed by atoms with Gasteiger partial charge in [-0.2, -0.15) is 5.10 Å². The van der Waals surface area contributed by atoms with E-state index >= 15 is 0 Å². The van der Waals surface area contributed by atoms with E-state index in [1.54, 1.807) is 24.4 Å². The zero-order valence-corrected chi connectivity index (χ0v) is 18.3. The molecular weight excluding hydrogens is 435 g/mol. The van der Waals surface area contributed by atoms with E-state index in [0.29, 0.717) is 41.2 Å². The number of ether oxygens (including phenoxy) is 2. The number of carbonyl (C=O) groups excluding carboxylic acids is 1. The summed E-state index contributed by atoms with van der Waals surface area (Å²) < 4.78 is 11.4. The fraction of sp³-hybridized carbons (Fsp3) is 0.167. The number of benzene rings is 3. The molecule has 160 valence electrons. The van der Waals surface area contributed by atoms with Gasteiger partial charge in [-0.1, -0.05) is 65.7 Å². The van der Waals surface area contributed by atoms with Crippen molar-refractivity contribution in [3.05, 3.63) is 94.0 Å². The van der Waals surface area contributed by atoms with Gasteiger partial charge < -0.3 is 9.47 Å². The second kappa shape index (κ2) is 12.0. The number of nitrogens with one attached hydrogen (secondary N) is 1. The lowest BCUT2D eigenvalue weighted by molar-refractivity contribution is -0.121. The Hall–Kier alpha value is -3.02. The summed E-state index contributed by atoms with van der Waals surface area (Å²) in [7, 11) is 0. The van der Waals surface area contributed by atoms with Crippen molar-refractivity contribution >= 4 is 35.3 Å². The SMILES string of the molecule is O=C(CCCOc1ccc(Cl)cc1Cl)N/N=C/c1ccccc1OCc1ccccc1. The topological polar surface area (TPSA) is 59.9 Å². The normalized spacial score (nSPS) is 10.8. The van der Waals surface area contributed by atoms with Crippen LogP contribution in [0.5, 0.6) is 11.5 Å². The molecule has 0 heterocycles. The number of para-hydroxylation sites is 1. The summed E-state index contributed by atoms with van der Waals surface area (Å²) in [6, 6.07) is 22.4. The Morgan fingerprint density at radius 2 is 1.71 bits per heavy atom. The highest BCUT2D eigenvalue weighted by molar-refractivity contribution is 6.35. The maximum absolute atomic E-state index is 12.0. The highest BCUT2D eigenvalue weighted by atomic mass is 35.5. The molecular formula is C24H22Cl2N2O3. The molecule has 0 aliphatic carbocycles. The first-order valence-electron chi connectivity index (χ1n) is 9.77. The molecule has 1 amide bonds. The lowest BCUT2D eigenvalue weighted by Gasteiger charge is -2.09. The van der Waals surface area contributed by atoms with Gasteiger partial charge >= 0.3 is 0 Å². The summed E-state index contributed by atoms with van der Waals surface area (Å²) in [4.78, 5) is 12.0. The van der Waals surface area contributed by atoms with Crippen molar-refractivity contribution in [2.75, 3.05) is 6.61 Å². The van der Waals surface area contributed by atoms with Crippen LogP contribution < -0.4 is 14.9 Å². The lowest BCUT2D eigenvalue weighted by Crippen LogP contribution is -2.18. The number of hydrogen-bond acceptors (Lipinski definition) is 4. The second-order valence-corrected chi connectivity index (χ2v) is 7.48. The summed E-state index contributed by atoms with van der Waals surface area (Å²) in [5, 5.41) is 5.02. The van der Waals surface area contributed by atoms with E-state index < -0.39 is 0 Å². The molecule has 1 N–H and O–H groups in total. The summed E-state index contributed by atoms with van der Waals surface area (Å²) in [5.74, 6) is 1.03. The van der Waals surface area contributed by atoms with E-state index in [-0.39, 0.29) is 12.3 Å². The minimum absolute atomic E-state index is 0.204. The first-order chi connectivity index (χ1) is 15.1. The summed E-state index contributed by atoms with van der Waals surface area (Å²) in [6.45, 7) is 0.810. The van der Waals surface area contributed by atoms with E-state index in [4.69, 9.17) is 32.7 Å². The van der Waals surface area contributed by atoms with Crippen LogP contribution in [0.4, 0.5) is 0 Å². The Bertz CT molecular complexity index is 1030. The molecule has 0 spiro atoms. The Balaban J connectivity index is 1.42. The molecule has 0 fully saturated rings. The highest BCUT2D eigenvalue weighted by Gasteiger charge is 2.05. The largest absolute Gasteiger partial charge is 0.492 e. The van der Waals surface area contributed by atoms with Crippen LogP contribution in [-0.4, -0.2) is 18.7 Å². The van der Waals surface area contributed by atoms with E-state index in [1.807, 2.05) is 54.6 Å². The zero-order valence-electron chi connectivity index (χ0n) is 16.8. The molecule has 31 heavy (non-hydrogen) atoms. The Morgan fingerprint density at radius 3 is 2.52 bits per heavy atom.